The van der Waals surface area contributed by atoms with Gasteiger partial charge in [0.15, 0.2) is 5.82 Å². The second kappa shape index (κ2) is 4.89. The first-order valence-corrected chi connectivity index (χ1v) is 5.76. The van der Waals surface area contributed by atoms with Gasteiger partial charge in [0.1, 0.15) is 11.9 Å². The summed E-state index contributed by atoms with van der Waals surface area (Å²) in [7, 11) is 1.68. The molecule has 0 aliphatic rings. The first-order valence-electron chi connectivity index (χ1n) is 4.64. The molecule has 0 amide bonds. The Balaban J connectivity index is 3.10. The summed E-state index contributed by atoms with van der Waals surface area (Å²) in [4.78, 5) is 0. The van der Waals surface area contributed by atoms with E-state index in [4.69, 9.17) is 4.74 Å². The molecule has 4 nitrogen and oxygen atoms in total. The number of ether oxygens (including phenoxy) is 1. The summed E-state index contributed by atoms with van der Waals surface area (Å²) in [6, 6.07) is 0.352. The molecule has 1 heterocycles. The molecule has 0 radical (unpaired) electrons. The van der Waals surface area contributed by atoms with Crippen molar-refractivity contribution in [3.05, 3.63) is 11.6 Å². The van der Waals surface area contributed by atoms with Crippen molar-refractivity contribution in [2.45, 2.75) is 38.2 Å². The predicted molar refractivity (Wildman–Crippen MR) is 58.5 cm³/mol. The molecule has 0 fully saturated rings. The molecule has 1 atom stereocenters. The van der Waals surface area contributed by atoms with Crippen molar-refractivity contribution >= 4 is 15.9 Å². The van der Waals surface area contributed by atoms with E-state index < -0.39 is 0 Å². The molecule has 0 spiro atoms. The maximum absolute atomic E-state index is 5.25. The van der Waals surface area contributed by atoms with Crippen molar-refractivity contribution in [2.24, 2.45) is 0 Å². The molecular formula is C9H16BrN3O. The Hall–Kier alpha value is -0.420. The summed E-state index contributed by atoms with van der Waals surface area (Å²) < 4.78 is 7.35. The molecule has 1 unspecified atom stereocenters. The maximum atomic E-state index is 5.25. The molecule has 0 N–H and O–H groups in total. The van der Waals surface area contributed by atoms with E-state index in [2.05, 4.69) is 44.5 Å². The Morgan fingerprint density at radius 3 is 2.43 bits per heavy atom. The van der Waals surface area contributed by atoms with Crippen LogP contribution in [0.15, 0.2) is 0 Å². The van der Waals surface area contributed by atoms with Crippen LogP contribution in [0.5, 0.6) is 0 Å². The van der Waals surface area contributed by atoms with E-state index in [-0.39, 0.29) is 6.10 Å². The molecule has 1 rings (SSSR count). The minimum absolute atomic E-state index is 0.0160. The Kier molecular flexibility index (Phi) is 4.07. The molecule has 0 bridgehead atoms. The SMILES string of the molecule is COC(C)c1nnc(CBr)n1C(C)C. The number of hydrogen-bond acceptors (Lipinski definition) is 3. The van der Waals surface area contributed by atoms with E-state index in [1.807, 2.05) is 6.92 Å². The van der Waals surface area contributed by atoms with Gasteiger partial charge in [-0.25, -0.2) is 0 Å². The van der Waals surface area contributed by atoms with Crippen LogP contribution in [0, 0.1) is 0 Å². The third-order valence-electron chi connectivity index (χ3n) is 2.15. The van der Waals surface area contributed by atoms with Gasteiger partial charge in [-0.15, -0.1) is 10.2 Å². The largest absolute Gasteiger partial charge is 0.374 e. The number of methoxy groups -OCH3 is 1. The molecular weight excluding hydrogens is 246 g/mol. The zero-order chi connectivity index (χ0) is 10.7. The molecule has 14 heavy (non-hydrogen) atoms. The number of rotatable bonds is 4. The lowest BCUT2D eigenvalue weighted by Gasteiger charge is -2.16. The summed E-state index contributed by atoms with van der Waals surface area (Å²) in [5, 5.41) is 8.96. The van der Waals surface area contributed by atoms with Gasteiger partial charge < -0.3 is 9.30 Å². The second-order valence-electron chi connectivity index (χ2n) is 3.45. The Bertz CT molecular complexity index is 298. The van der Waals surface area contributed by atoms with Crippen LogP contribution in [-0.2, 0) is 10.1 Å². The molecule has 0 saturated heterocycles. The van der Waals surface area contributed by atoms with Crippen LogP contribution in [0.4, 0.5) is 0 Å². The zero-order valence-corrected chi connectivity index (χ0v) is 10.6. The van der Waals surface area contributed by atoms with Crippen molar-refractivity contribution in [3.63, 3.8) is 0 Å². The highest BCUT2D eigenvalue weighted by molar-refractivity contribution is 9.08. The van der Waals surface area contributed by atoms with Gasteiger partial charge in [-0.1, -0.05) is 15.9 Å². The van der Waals surface area contributed by atoms with Crippen LogP contribution in [0.25, 0.3) is 0 Å². The lowest BCUT2D eigenvalue weighted by atomic mass is 10.3. The molecule has 1 aromatic heterocycles. The van der Waals surface area contributed by atoms with E-state index >= 15 is 0 Å². The molecule has 80 valence electrons. The number of nitrogens with zero attached hydrogens (tertiary/aromatic N) is 3. The summed E-state index contributed by atoms with van der Waals surface area (Å²) in [6.07, 6.45) is -0.0160. The highest BCUT2D eigenvalue weighted by Gasteiger charge is 2.18. The van der Waals surface area contributed by atoms with Crippen LogP contribution >= 0.6 is 15.9 Å². The summed E-state index contributed by atoms with van der Waals surface area (Å²) in [5.41, 5.74) is 0. The average molecular weight is 262 g/mol. The van der Waals surface area contributed by atoms with E-state index in [9.17, 15) is 0 Å². The Labute approximate surface area is 92.8 Å². The number of alkyl halides is 1. The van der Waals surface area contributed by atoms with Crippen molar-refractivity contribution in [1.82, 2.24) is 14.8 Å². The van der Waals surface area contributed by atoms with E-state index in [1.165, 1.54) is 0 Å². The van der Waals surface area contributed by atoms with E-state index in [0.717, 1.165) is 11.6 Å². The van der Waals surface area contributed by atoms with Crippen LogP contribution in [0.2, 0.25) is 0 Å². The fourth-order valence-corrected chi connectivity index (χ4v) is 1.76. The third kappa shape index (κ3) is 2.15. The fraction of sp³-hybridized carbons (Fsp3) is 0.778. The van der Waals surface area contributed by atoms with Crippen LogP contribution in [0.1, 0.15) is 44.6 Å². The van der Waals surface area contributed by atoms with E-state index in [1.54, 1.807) is 7.11 Å². The molecule has 0 aliphatic carbocycles. The van der Waals surface area contributed by atoms with Gasteiger partial charge in [0.05, 0.1) is 5.33 Å². The van der Waals surface area contributed by atoms with Crippen molar-refractivity contribution in [2.75, 3.05) is 7.11 Å². The summed E-state index contributed by atoms with van der Waals surface area (Å²) >= 11 is 3.40. The number of aromatic nitrogens is 3. The second-order valence-corrected chi connectivity index (χ2v) is 4.01. The van der Waals surface area contributed by atoms with Gasteiger partial charge in [-0.05, 0) is 20.8 Å². The molecule has 1 aromatic rings. The van der Waals surface area contributed by atoms with Crippen LogP contribution < -0.4 is 0 Å². The zero-order valence-electron chi connectivity index (χ0n) is 8.99. The van der Waals surface area contributed by atoms with Gasteiger partial charge >= 0.3 is 0 Å². The van der Waals surface area contributed by atoms with Gasteiger partial charge in [-0.2, -0.15) is 0 Å². The fourth-order valence-electron chi connectivity index (χ4n) is 1.37. The minimum atomic E-state index is -0.0160. The first-order chi connectivity index (χ1) is 6.61. The van der Waals surface area contributed by atoms with Crippen molar-refractivity contribution in [3.8, 4) is 0 Å². The van der Waals surface area contributed by atoms with Crippen LogP contribution in [0.3, 0.4) is 0 Å². The Morgan fingerprint density at radius 2 is 2.00 bits per heavy atom. The predicted octanol–water partition coefficient (Wildman–Crippen LogP) is 2.46. The summed E-state index contributed by atoms with van der Waals surface area (Å²) in [5.74, 6) is 1.83. The monoisotopic (exact) mass is 261 g/mol. The minimum Gasteiger partial charge on any atom is -0.374 e. The topological polar surface area (TPSA) is 39.9 Å². The first kappa shape index (κ1) is 11.7. The third-order valence-corrected chi connectivity index (χ3v) is 2.65. The molecule has 0 aliphatic heterocycles. The Morgan fingerprint density at radius 1 is 1.36 bits per heavy atom. The smallest absolute Gasteiger partial charge is 0.162 e. The van der Waals surface area contributed by atoms with Crippen LogP contribution in [-0.4, -0.2) is 21.9 Å². The average Bonchev–Trinajstić information content (AvgIpc) is 2.59. The van der Waals surface area contributed by atoms with Gasteiger partial charge in [0.25, 0.3) is 0 Å². The van der Waals surface area contributed by atoms with Gasteiger partial charge in [-0.3, -0.25) is 0 Å². The highest BCUT2D eigenvalue weighted by Crippen LogP contribution is 2.20. The maximum Gasteiger partial charge on any atom is 0.162 e. The van der Waals surface area contributed by atoms with Crippen molar-refractivity contribution < 1.29 is 4.74 Å². The number of halogens is 1. The highest BCUT2D eigenvalue weighted by atomic mass is 79.9. The molecule has 0 aromatic carbocycles. The molecule has 0 saturated carbocycles. The standard InChI is InChI=1S/C9H16BrN3O/c1-6(2)13-8(5-10)11-12-9(13)7(3)14-4/h6-7H,5H2,1-4H3. The van der Waals surface area contributed by atoms with Gasteiger partial charge in [0.2, 0.25) is 0 Å². The number of hydrogen-bond donors (Lipinski definition) is 0. The summed E-state index contributed by atoms with van der Waals surface area (Å²) in [6.45, 7) is 6.20. The lowest BCUT2D eigenvalue weighted by molar-refractivity contribution is 0.107. The lowest BCUT2D eigenvalue weighted by Crippen LogP contribution is -2.12. The van der Waals surface area contributed by atoms with Gasteiger partial charge in [0, 0.05) is 13.2 Å². The normalized spacial score (nSPS) is 13.6. The van der Waals surface area contributed by atoms with Crippen molar-refractivity contribution in [1.29, 1.82) is 0 Å². The van der Waals surface area contributed by atoms with E-state index in [0.29, 0.717) is 11.4 Å². The quantitative estimate of drug-likeness (QED) is 0.782. The molecule has 5 heteroatoms.